The van der Waals surface area contributed by atoms with Gasteiger partial charge in [-0.2, -0.15) is 13.2 Å². The average Bonchev–Trinajstić information content (AvgIpc) is 3.15. The number of esters is 1. The van der Waals surface area contributed by atoms with Crippen LogP contribution in [0.5, 0.6) is 5.75 Å². The van der Waals surface area contributed by atoms with Crippen molar-refractivity contribution < 1.29 is 50.4 Å². The van der Waals surface area contributed by atoms with Gasteiger partial charge >= 0.3 is 24.2 Å². The highest BCUT2D eigenvalue weighted by Gasteiger charge is 2.74. The molecule has 0 saturated carbocycles. The summed E-state index contributed by atoms with van der Waals surface area (Å²) in [4.78, 5) is 37.6. The van der Waals surface area contributed by atoms with Crippen LogP contribution in [-0.2, 0) is 30.6 Å². The molecule has 18 heteroatoms. The van der Waals surface area contributed by atoms with Crippen molar-refractivity contribution in [3.63, 3.8) is 0 Å². The van der Waals surface area contributed by atoms with Crippen molar-refractivity contribution >= 4 is 35.2 Å². The monoisotopic (exact) mass is 667 g/mol. The van der Waals surface area contributed by atoms with Crippen LogP contribution in [0.1, 0.15) is 27.0 Å². The van der Waals surface area contributed by atoms with Gasteiger partial charge < -0.3 is 23.6 Å². The Morgan fingerprint density at radius 3 is 2.50 bits per heavy atom. The Morgan fingerprint density at radius 2 is 1.84 bits per heavy atom. The molecule has 1 aromatic heterocycles. The molecular weight excluding hydrogens is 640 g/mol. The Kier molecular flexibility index (Phi) is 9.68. The number of aliphatic hydroxyl groups is 1. The van der Waals surface area contributed by atoms with Crippen molar-refractivity contribution in [1.29, 1.82) is 0 Å². The van der Waals surface area contributed by atoms with Crippen LogP contribution < -0.4 is 20.9 Å². The molecule has 0 amide bonds. The summed E-state index contributed by atoms with van der Waals surface area (Å²) in [6.45, 7) is -1.56. The predicted octanol–water partition coefficient (Wildman–Crippen LogP) is 3.61. The lowest BCUT2D eigenvalue weighted by Crippen LogP contribution is -2.57. The van der Waals surface area contributed by atoms with E-state index in [9.17, 15) is 32.7 Å². The van der Waals surface area contributed by atoms with Crippen molar-refractivity contribution in [3.8, 4) is 5.75 Å². The lowest BCUT2D eigenvalue weighted by molar-refractivity contribution is -0.241. The summed E-state index contributed by atoms with van der Waals surface area (Å²) in [5, 5.41) is 14.1. The molecule has 1 aliphatic heterocycles. The number of alkyl halides is 4. The molecule has 2 heterocycles. The lowest BCUT2D eigenvalue weighted by atomic mass is 9.95. The number of H-pyrrole nitrogens is 1. The van der Waals surface area contributed by atoms with Crippen molar-refractivity contribution in [2.75, 3.05) is 6.61 Å². The molecule has 5 unspecified atom stereocenters. The molecular formula is C26H27F5N3O8PS. The number of carbonyl (C=O) groups is 1. The molecule has 0 bridgehead atoms. The number of aromatic amines is 1. The molecule has 0 spiro atoms. The van der Waals surface area contributed by atoms with Crippen LogP contribution >= 0.6 is 6.64 Å². The highest BCUT2D eigenvalue weighted by molar-refractivity contribution is 8.09. The van der Waals surface area contributed by atoms with Gasteiger partial charge in [0.2, 0.25) is 11.4 Å². The maximum Gasteiger partial charge on any atom is 0.330 e. The van der Waals surface area contributed by atoms with Crippen molar-refractivity contribution in [2.45, 2.75) is 63.2 Å². The third kappa shape index (κ3) is 6.43. The SMILES string of the molecule is CC(C)OC(=O)C(C)NP(=S)(OCC1(C(F)F)OC(n2cc(F)c(=O)[nH]c2=O)C(O)C1(F)F)Oc1cccc2ccccc12. The summed E-state index contributed by atoms with van der Waals surface area (Å²) in [5.41, 5.74) is -7.01. The van der Waals surface area contributed by atoms with Gasteiger partial charge in [-0.05, 0) is 44.0 Å². The quantitative estimate of drug-likeness (QED) is 0.158. The van der Waals surface area contributed by atoms with Gasteiger partial charge in [0.25, 0.3) is 12.0 Å². The molecule has 0 radical (unpaired) electrons. The first-order valence-corrected chi connectivity index (χ1v) is 15.6. The van der Waals surface area contributed by atoms with Gasteiger partial charge in [-0.1, -0.05) is 36.4 Å². The minimum atomic E-state index is -4.85. The summed E-state index contributed by atoms with van der Waals surface area (Å²) < 4.78 is 95.5. The van der Waals surface area contributed by atoms with E-state index in [1.54, 1.807) is 50.2 Å². The Morgan fingerprint density at radius 1 is 1.18 bits per heavy atom. The zero-order chi connectivity index (χ0) is 32.6. The number of carbonyl (C=O) groups excluding carboxylic acids is 1. The van der Waals surface area contributed by atoms with E-state index in [0.717, 1.165) is 0 Å². The second-order valence-corrected chi connectivity index (χ2v) is 13.2. The number of fused-ring (bicyclic) bond motifs is 1. The Labute approximate surface area is 251 Å². The smallest absolute Gasteiger partial charge is 0.330 e. The molecule has 11 nitrogen and oxygen atoms in total. The van der Waals surface area contributed by atoms with Crippen LogP contribution in [0.25, 0.3) is 10.8 Å². The highest BCUT2D eigenvalue weighted by atomic mass is 32.5. The number of ether oxygens (including phenoxy) is 2. The normalized spacial score (nSPS) is 23.5. The summed E-state index contributed by atoms with van der Waals surface area (Å²) >= 11 is 5.50. The minimum absolute atomic E-state index is 0.00435. The zero-order valence-corrected chi connectivity index (χ0v) is 24.9. The number of aliphatic hydroxyl groups excluding tert-OH is 1. The first-order chi connectivity index (χ1) is 20.5. The first kappa shape index (κ1) is 33.7. The van der Waals surface area contributed by atoms with Crippen LogP contribution in [0, 0.1) is 5.82 Å². The molecule has 1 aliphatic rings. The van der Waals surface area contributed by atoms with Gasteiger partial charge in [0.1, 0.15) is 11.8 Å². The van der Waals surface area contributed by atoms with E-state index >= 15 is 8.78 Å². The fourth-order valence-corrected chi connectivity index (χ4v) is 6.75. The number of hydrogen-bond acceptors (Lipinski definition) is 9. The summed E-state index contributed by atoms with van der Waals surface area (Å²) in [7, 11) is 0. The van der Waals surface area contributed by atoms with Gasteiger partial charge in [0.05, 0.1) is 18.9 Å². The van der Waals surface area contributed by atoms with Gasteiger partial charge in [0, 0.05) is 5.39 Å². The number of rotatable bonds is 11. The highest BCUT2D eigenvalue weighted by Crippen LogP contribution is 2.55. The molecule has 3 aromatic rings. The van der Waals surface area contributed by atoms with E-state index in [1.165, 1.54) is 18.0 Å². The van der Waals surface area contributed by atoms with E-state index in [4.69, 9.17) is 30.3 Å². The van der Waals surface area contributed by atoms with E-state index in [-0.39, 0.29) is 16.5 Å². The molecule has 0 aliphatic carbocycles. The van der Waals surface area contributed by atoms with Crippen molar-refractivity contribution in [1.82, 2.24) is 14.6 Å². The topological polar surface area (TPSA) is 141 Å². The number of benzene rings is 2. The molecule has 44 heavy (non-hydrogen) atoms. The lowest BCUT2D eigenvalue weighted by Gasteiger charge is -2.35. The van der Waals surface area contributed by atoms with Crippen LogP contribution in [0.4, 0.5) is 22.0 Å². The molecule has 240 valence electrons. The van der Waals surface area contributed by atoms with Gasteiger partial charge in [-0.15, -0.1) is 0 Å². The molecule has 2 aromatic carbocycles. The van der Waals surface area contributed by atoms with E-state index in [0.29, 0.717) is 10.8 Å². The average molecular weight is 668 g/mol. The van der Waals surface area contributed by atoms with Crippen LogP contribution in [-0.4, -0.2) is 63.4 Å². The summed E-state index contributed by atoms with van der Waals surface area (Å²) in [6, 6.07) is 10.2. The van der Waals surface area contributed by atoms with Crippen molar-refractivity contribution in [3.05, 3.63) is 75.3 Å². The zero-order valence-electron chi connectivity index (χ0n) is 23.2. The fourth-order valence-electron chi connectivity index (χ4n) is 4.34. The Hall–Kier alpha value is -3.21. The molecule has 1 saturated heterocycles. The number of aromatic nitrogens is 2. The minimum Gasteiger partial charge on any atom is -0.462 e. The van der Waals surface area contributed by atoms with Crippen LogP contribution in [0.3, 0.4) is 0 Å². The predicted molar refractivity (Wildman–Crippen MR) is 150 cm³/mol. The number of halogens is 5. The third-order valence-corrected chi connectivity index (χ3v) is 9.03. The maximum absolute atomic E-state index is 15.5. The molecule has 3 N–H and O–H groups in total. The molecule has 4 rings (SSSR count). The number of nitrogens with zero attached hydrogens (tertiary/aromatic N) is 1. The Balaban J connectivity index is 1.73. The summed E-state index contributed by atoms with van der Waals surface area (Å²) in [6.07, 6.45) is -10.3. The standard InChI is InChI=1S/C26H27F5N3O8PS/c1-13(2)40-22(37)14(3)33-43(44,42-18-10-6-8-15-7-4-5-9-16(15)18)39-12-25(23(28)29)26(30,31)19(35)21(41-25)34-11-17(27)20(36)32-24(34)38/h4-11,13-14,19,21,23,35H,12H2,1-3H3,(H,33,44)(H,32,36,38). The maximum atomic E-state index is 15.5. The van der Waals surface area contributed by atoms with Gasteiger partial charge in [-0.3, -0.25) is 19.1 Å². The second kappa shape index (κ2) is 12.7. The first-order valence-electron chi connectivity index (χ1n) is 12.9. The number of hydrogen-bond donors (Lipinski definition) is 3. The number of nitrogens with one attached hydrogen (secondary N) is 2. The largest absolute Gasteiger partial charge is 0.462 e. The summed E-state index contributed by atoms with van der Waals surface area (Å²) in [5.74, 6) is -7.28. The van der Waals surface area contributed by atoms with Gasteiger partial charge in [-0.25, -0.2) is 18.7 Å². The van der Waals surface area contributed by atoms with Crippen LogP contribution in [0.2, 0.25) is 0 Å². The van der Waals surface area contributed by atoms with E-state index < -0.39 is 78.7 Å². The fraction of sp³-hybridized carbons (Fsp3) is 0.423. The van der Waals surface area contributed by atoms with Crippen LogP contribution in [0.15, 0.2) is 58.3 Å². The molecule has 5 atom stereocenters. The van der Waals surface area contributed by atoms with Crippen molar-refractivity contribution in [2.24, 2.45) is 0 Å². The Bertz CT molecular complexity index is 1700. The van der Waals surface area contributed by atoms with E-state index in [2.05, 4.69) is 5.09 Å². The van der Waals surface area contributed by atoms with Gasteiger partial charge in [0.15, 0.2) is 12.3 Å². The second-order valence-electron chi connectivity index (χ2n) is 10.1. The van der Waals surface area contributed by atoms with E-state index in [1.807, 2.05) is 0 Å². The molecule has 1 fully saturated rings. The third-order valence-electron chi connectivity index (χ3n) is 6.56.